The molecular formula is C26H30N2O4S2. The van der Waals surface area contributed by atoms with Crippen LogP contribution in [-0.4, -0.2) is 40.2 Å². The van der Waals surface area contributed by atoms with Crippen molar-refractivity contribution in [3.05, 3.63) is 58.5 Å². The zero-order chi connectivity index (χ0) is 24.6. The molecule has 0 saturated heterocycles. The Balaban J connectivity index is 1.72. The van der Waals surface area contributed by atoms with Crippen LogP contribution in [0.2, 0.25) is 0 Å². The van der Waals surface area contributed by atoms with Gasteiger partial charge in [-0.05, 0) is 46.9 Å². The summed E-state index contributed by atoms with van der Waals surface area (Å²) in [6.07, 6.45) is 0. The molecule has 34 heavy (non-hydrogen) atoms. The van der Waals surface area contributed by atoms with E-state index in [-0.39, 0.29) is 34.2 Å². The van der Waals surface area contributed by atoms with Gasteiger partial charge in [0.1, 0.15) is 17.3 Å². The molecule has 6 nitrogen and oxygen atoms in total. The second-order valence-electron chi connectivity index (χ2n) is 9.35. The van der Waals surface area contributed by atoms with Gasteiger partial charge in [0.05, 0.1) is 21.1 Å². The average Bonchev–Trinajstić information content (AvgIpc) is 3.47. The SMILES string of the molecule is CC(C)CN(CC(C)C)c1cc(O)c(C2=C(O)C(N(c3cccs3)c3cccs3)C2=O)c(O)c1. The van der Waals surface area contributed by atoms with Gasteiger partial charge in [-0.3, -0.25) is 4.79 Å². The third-order valence-corrected chi connectivity index (χ3v) is 7.36. The molecule has 8 heteroatoms. The minimum atomic E-state index is -0.899. The smallest absolute Gasteiger partial charge is 0.197 e. The number of anilines is 3. The highest BCUT2D eigenvalue weighted by molar-refractivity contribution is 7.16. The number of aliphatic hydroxyl groups is 1. The van der Waals surface area contributed by atoms with Crippen molar-refractivity contribution >= 4 is 49.7 Å². The lowest BCUT2D eigenvalue weighted by Gasteiger charge is -2.37. The van der Waals surface area contributed by atoms with Gasteiger partial charge in [-0.15, -0.1) is 22.7 Å². The van der Waals surface area contributed by atoms with Gasteiger partial charge in [0.25, 0.3) is 0 Å². The van der Waals surface area contributed by atoms with Crippen molar-refractivity contribution < 1.29 is 20.1 Å². The van der Waals surface area contributed by atoms with E-state index in [1.165, 1.54) is 22.7 Å². The summed E-state index contributed by atoms with van der Waals surface area (Å²) in [5, 5.41) is 38.2. The summed E-state index contributed by atoms with van der Waals surface area (Å²) in [5.74, 6) is -0.169. The van der Waals surface area contributed by atoms with Gasteiger partial charge in [0.15, 0.2) is 11.8 Å². The van der Waals surface area contributed by atoms with Crippen LogP contribution < -0.4 is 9.80 Å². The molecule has 1 aliphatic carbocycles. The van der Waals surface area contributed by atoms with E-state index in [1.54, 1.807) is 17.0 Å². The fourth-order valence-electron chi connectivity index (χ4n) is 4.32. The van der Waals surface area contributed by atoms with Crippen LogP contribution in [0.1, 0.15) is 33.3 Å². The number of phenolic OH excluding ortho intramolecular Hbond substituents is 2. The zero-order valence-electron chi connectivity index (χ0n) is 19.7. The van der Waals surface area contributed by atoms with Crippen molar-refractivity contribution in [3.63, 3.8) is 0 Å². The monoisotopic (exact) mass is 498 g/mol. The molecule has 0 bridgehead atoms. The van der Waals surface area contributed by atoms with Crippen molar-refractivity contribution in [1.82, 2.24) is 0 Å². The van der Waals surface area contributed by atoms with E-state index < -0.39 is 6.04 Å². The molecule has 1 aliphatic rings. The first-order valence-corrected chi connectivity index (χ1v) is 13.1. The van der Waals surface area contributed by atoms with Crippen LogP contribution in [0.5, 0.6) is 11.5 Å². The van der Waals surface area contributed by atoms with E-state index in [4.69, 9.17) is 0 Å². The summed E-state index contributed by atoms with van der Waals surface area (Å²) in [6.45, 7) is 9.99. The molecule has 0 spiro atoms. The maximum absolute atomic E-state index is 13.3. The molecular weight excluding hydrogens is 468 g/mol. The van der Waals surface area contributed by atoms with E-state index in [1.807, 2.05) is 35.0 Å². The molecule has 0 saturated carbocycles. The number of hydrogen-bond acceptors (Lipinski definition) is 8. The lowest BCUT2D eigenvalue weighted by molar-refractivity contribution is -0.116. The van der Waals surface area contributed by atoms with Crippen LogP contribution in [-0.2, 0) is 4.79 Å². The molecule has 1 aromatic carbocycles. The molecule has 0 fully saturated rings. The number of hydrogen-bond donors (Lipinski definition) is 3. The van der Waals surface area contributed by atoms with Crippen molar-refractivity contribution in [2.75, 3.05) is 22.9 Å². The van der Waals surface area contributed by atoms with Gasteiger partial charge in [-0.2, -0.15) is 0 Å². The Morgan fingerprint density at radius 2 is 1.38 bits per heavy atom. The number of thiophene rings is 2. The highest BCUT2D eigenvalue weighted by Crippen LogP contribution is 2.48. The van der Waals surface area contributed by atoms with Crippen molar-refractivity contribution in [3.8, 4) is 11.5 Å². The van der Waals surface area contributed by atoms with Crippen LogP contribution in [0.3, 0.4) is 0 Å². The fourth-order valence-corrected chi connectivity index (χ4v) is 5.92. The molecule has 2 heterocycles. The number of rotatable bonds is 9. The molecule has 0 radical (unpaired) electrons. The largest absolute Gasteiger partial charge is 0.509 e. The lowest BCUT2D eigenvalue weighted by atomic mass is 9.82. The number of carbonyl (C=O) groups excluding carboxylic acids is 1. The number of aromatic hydroxyl groups is 2. The summed E-state index contributed by atoms with van der Waals surface area (Å²) in [4.78, 5) is 17.3. The van der Waals surface area contributed by atoms with Gasteiger partial charge in [-0.25, -0.2) is 0 Å². The minimum absolute atomic E-state index is 0.0196. The highest BCUT2D eigenvalue weighted by Gasteiger charge is 2.47. The Morgan fingerprint density at radius 1 is 0.882 bits per heavy atom. The topological polar surface area (TPSA) is 84.2 Å². The third kappa shape index (κ3) is 4.52. The normalized spacial score (nSPS) is 15.8. The average molecular weight is 499 g/mol. The third-order valence-electron chi connectivity index (χ3n) is 5.62. The van der Waals surface area contributed by atoms with Crippen molar-refractivity contribution in [2.24, 2.45) is 11.8 Å². The zero-order valence-corrected chi connectivity index (χ0v) is 21.4. The molecule has 4 rings (SSSR count). The Hall–Kier alpha value is -2.97. The van der Waals surface area contributed by atoms with Gasteiger partial charge in [-0.1, -0.05) is 27.7 Å². The second-order valence-corrected chi connectivity index (χ2v) is 11.2. The standard InChI is InChI=1S/C26H30N2O4S2/c1-15(2)13-27(14-16(3)4)17-11-18(29)22(19(30)12-17)23-25(31)24(26(23)32)28(20-7-5-9-33-20)21-8-6-10-34-21/h5-12,15-16,24,29-31H,13-14H2,1-4H3. The highest BCUT2D eigenvalue weighted by atomic mass is 32.1. The van der Waals surface area contributed by atoms with Crippen molar-refractivity contribution in [1.29, 1.82) is 0 Å². The summed E-state index contributed by atoms with van der Waals surface area (Å²) in [6, 6.07) is 9.80. The van der Waals surface area contributed by atoms with E-state index >= 15 is 0 Å². The first kappa shape index (κ1) is 24.2. The predicted octanol–water partition coefficient (Wildman–Crippen LogP) is 6.40. The van der Waals surface area contributed by atoms with Crippen LogP contribution >= 0.6 is 22.7 Å². The Labute approximate surface area is 208 Å². The van der Waals surface area contributed by atoms with Crippen LogP contribution in [0.25, 0.3) is 5.57 Å². The summed E-state index contributed by atoms with van der Waals surface area (Å²) >= 11 is 2.94. The number of nitrogens with zero attached hydrogens (tertiary/aromatic N) is 2. The molecule has 180 valence electrons. The number of carbonyl (C=O) groups is 1. The quantitative estimate of drug-likeness (QED) is 0.317. The molecule has 3 N–H and O–H groups in total. The Kier molecular flexibility index (Phi) is 6.91. The number of aliphatic hydroxyl groups excluding tert-OH is 1. The van der Waals surface area contributed by atoms with Crippen LogP contribution in [0.4, 0.5) is 15.7 Å². The lowest BCUT2D eigenvalue weighted by Crippen LogP contribution is -2.47. The Morgan fingerprint density at radius 3 is 1.76 bits per heavy atom. The molecule has 0 aliphatic heterocycles. The molecule has 0 amide bonds. The molecule has 1 atom stereocenters. The Bertz CT molecular complexity index is 1120. The summed E-state index contributed by atoms with van der Waals surface area (Å²) in [5.41, 5.74) is 0.626. The van der Waals surface area contributed by atoms with E-state index in [0.29, 0.717) is 17.5 Å². The number of phenols is 2. The number of Topliss-reactive ketones (excluding diaryl/α,β-unsaturated/α-hetero) is 1. The fraction of sp³-hybridized carbons (Fsp3) is 0.346. The van der Waals surface area contributed by atoms with E-state index in [9.17, 15) is 20.1 Å². The number of ketones is 1. The van der Waals surface area contributed by atoms with Crippen LogP contribution in [0, 0.1) is 11.8 Å². The molecule has 3 aromatic rings. The summed E-state index contributed by atoms with van der Waals surface area (Å²) in [7, 11) is 0. The minimum Gasteiger partial charge on any atom is -0.509 e. The molecule has 1 unspecified atom stereocenters. The van der Waals surface area contributed by atoms with E-state index in [2.05, 4.69) is 32.6 Å². The van der Waals surface area contributed by atoms with E-state index in [0.717, 1.165) is 23.1 Å². The molecule has 2 aromatic heterocycles. The maximum atomic E-state index is 13.3. The first-order valence-electron chi connectivity index (χ1n) is 11.3. The number of benzene rings is 1. The van der Waals surface area contributed by atoms with Gasteiger partial charge < -0.3 is 25.1 Å². The second kappa shape index (κ2) is 9.72. The summed E-state index contributed by atoms with van der Waals surface area (Å²) < 4.78 is 0. The van der Waals surface area contributed by atoms with Crippen molar-refractivity contribution in [2.45, 2.75) is 33.7 Å². The van der Waals surface area contributed by atoms with Crippen LogP contribution in [0.15, 0.2) is 52.9 Å². The van der Waals surface area contributed by atoms with Gasteiger partial charge in [0, 0.05) is 30.9 Å². The van der Waals surface area contributed by atoms with Gasteiger partial charge >= 0.3 is 0 Å². The first-order chi connectivity index (χ1) is 16.2. The van der Waals surface area contributed by atoms with Gasteiger partial charge in [0.2, 0.25) is 0 Å². The maximum Gasteiger partial charge on any atom is 0.197 e. The predicted molar refractivity (Wildman–Crippen MR) is 141 cm³/mol.